The minimum atomic E-state index is -0.232. The van der Waals surface area contributed by atoms with Gasteiger partial charge in [-0.05, 0) is 67.7 Å². The summed E-state index contributed by atoms with van der Waals surface area (Å²) in [7, 11) is 0. The van der Waals surface area contributed by atoms with E-state index >= 15 is 0 Å². The molecule has 0 heterocycles. The van der Waals surface area contributed by atoms with Crippen LogP contribution < -0.4 is 16.0 Å². The van der Waals surface area contributed by atoms with Crippen molar-refractivity contribution in [1.82, 2.24) is 5.32 Å². The monoisotopic (exact) mass is 361 g/mol. The Kier molecular flexibility index (Phi) is 5.61. The molecule has 0 saturated heterocycles. The van der Waals surface area contributed by atoms with Gasteiger partial charge in [0.25, 0.3) is 5.91 Å². The molecule has 3 rings (SSSR count). The summed E-state index contributed by atoms with van der Waals surface area (Å²) < 4.78 is 0. The van der Waals surface area contributed by atoms with E-state index in [2.05, 4.69) is 16.0 Å². The first-order valence-electron chi connectivity index (χ1n) is 8.21. The van der Waals surface area contributed by atoms with Crippen molar-refractivity contribution in [2.45, 2.75) is 6.92 Å². The van der Waals surface area contributed by atoms with E-state index in [1.54, 1.807) is 12.1 Å². The van der Waals surface area contributed by atoms with Gasteiger partial charge in [-0.3, -0.25) is 10.1 Å². The maximum atomic E-state index is 12.2. The molecule has 0 aliphatic heterocycles. The number of amides is 1. The van der Waals surface area contributed by atoms with Crippen molar-refractivity contribution in [3.8, 4) is 0 Å². The maximum Gasteiger partial charge on any atom is 0.257 e. The Morgan fingerprint density at radius 2 is 1.35 bits per heavy atom. The van der Waals surface area contributed by atoms with Crippen LogP contribution in [0.3, 0.4) is 0 Å². The van der Waals surface area contributed by atoms with Gasteiger partial charge in [0.15, 0.2) is 5.11 Å². The predicted molar refractivity (Wildman–Crippen MR) is 111 cm³/mol. The Hall–Kier alpha value is -3.18. The zero-order chi connectivity index (χ0) is 18.4. The minimum absolute atomic E-state index is 0.232. The normalized spacial score (nSPS) is 10.0. The van der Waals surface area contributed by atoms with Crippen molar-refractivity contribution in [3.05, 3.63) is 90.0 Å². The fourth-order valence-electron chi connectivity index (χ4n) is 2.37. The fraction of sp³-hybridized carbons (Fsp3) is 0.0476. The van der Waals surface area contributed by atoms with Crippen LogP contribution in [0.25, 0.3) is 0 Å². The Morgan fingerprint density at radius 1 is 0.769 bits per heavy atom. The molecule has 0 aromatic heterocycles. The highest BCUT2D eigenvalue weighted by Gasteiger charge is 2.07. The van der Waals surface area contributed by atoms with Crippen molar-refractivity contribution >= 4 is 40.3 Å². The van der Waals surface area contributed by atoms with Crippen LogP contribution in [0.5, 0.6) is 0 Å². The largest absolute Gasteiger partial charge is 0.356 e. The van der Waals surface area contributed by atoms with Crippen molar-refractivity contribution in [3.63, 3.8) is 0 Å². The molecule has 3 aromatic rings. The lowest BCUT2D eigenvalue weighted by molar-refractivity contribution is 0.0977. The summed E-state index contributed by atoms with van der Waals surface area (Å²) in [5, 5.41) is 9.28. The Labute approximate surface area is 158 Å². The van der Waals surface area contributed by atoms with Gasteiger partial charge < -0.3 is 10.6 Å². The molecule has 0 aliphatic rings. The third-order valence-corrected chi connectivity index (χ3v) is 3.95. The van der Waals surface area contributed by atoms with E-state index in [1.807, 2.05) is 73.7 Å². The Bertz CT molecular complexity index is 891. The van der Waals surface area contributed by atoms with Gasteiger partial charge >= 0.3 is 0 Å². The average Bonchev–Trinajstić information content (AvgIpc) is 2.64. The summed E-state index contributed by atoms with van der Waals surface area (Å²) >= 11 is 5.22. The second kappa shape index (κ2) is 8.27. The summed E-state index contributed by atoms with van der Waals surface area (Å²) in [5.41, 5.74) is 4.47. The van der Waals surface area contributed by atoms with E-state index in [0.29, 0.717) is 5.56 Å². The molecular formula is C21H19N3OS. The highest BCUT2D eigenvalue weighted by atomic mass is 32.1. The molecule has 1 amide bonds. The molecule has 0 bridgehead atoms. The first-order chi connectivity index (χ1) is 12.6. The van der Waals surface area contributed by atoms with Gasteiger partial charge in [0.1, 0.15) is 0 Å². The molecule has 0 radical (unpaired) electrons. The number of carbonyl (C=O) groups excluding carboxylic acids is 1. The van der Waals surface area contributed by atoms with Gasteiger partial charge in [-0.1, -0.05) is 35.9 Å². The zero-order valence-corrected chi connectivity index (χ0v) is 15.1. The third-order valence-electron chi connectivity index (χ3n) is 3.75. The minimum Gasteiger partial charge on any atom is -0.356 e. The number of carbonyl (C=O) groups is 1. The number of benzene rings is 3. The van der Waals surface area contributed by atoms with Gasteiger partial charge in [-0.25, -0.2) is 0 Å². The molecule has 5 heteroatoms. The van der Waals surface area contributed by atoms with E-state index in [-0.39, 0.29) is 11.0 Å². The lowest BCUT2D eigenvalue weighted by atomic mass is 10.1. The van der Waals surface area contributed by atoms with Gasteiger partial charge in [0, 0.05) is 22.6 Å². The summed E-state index contributed by atoms with van der Waals surface area (Å²) in [6.45, 7) is 1.98. The average molecular weight is 361 g/mol. The molecule has 130 valence electrons. The lowest BCUT2D eigenvalue weighted by Crippen LogP contribution is -2.34. The SMILES string of the molecule is Cc1ccc(C(=O)NC(=S)Nc2ccc(Nc3ccccc3)cc2)cc1. The maximum absolute atomic E-state index is 12.2. The van der Waals surface area contributed by atoms with Crippen molar-refractivity contribution < 1.29 is 4.79 Å². The second-order valence-electron chi connectivity index (χ2n) is 5.84. The smallest absolute Gasteiger partial charge is 0.257 e. The molecule has 26 heavy (non-hydrogen) atoms. The number of hydrogen-bond donors (Lipinski definition) is 3. The molecular weight excluding hydrogens is 342 g/mol. The topological polar surface area (TPSA) is 53.2 Å². The van der Waals surface area contributed by atoms with Crippen LogP contribution in [0.1, 0.15) is 15.9 Å². The molecule has 0 saturated carbocycles. The van der Waals surface area contributed by atoms with Crippen LogP contribution in [0.15, 0.2) is 78.9 Å². The molecule has 0 atom stereocenters. The van der Waals surface area contributed by atoms with Gasteiger partial charge in [-0.15, -0.1) is 0 Å². The molecule has 3 aromatic carbocycles. The molecule has 4 nitrogen and oxygen atoms in total. The van der Waals surface area contributed by atoms with Crippen LogP contribution in [0.4, 0.5) is 17.1 Å². The van der Waals surface area contributed by atoms with E-state index in [0.717, 1.165) is 22.6 Å². The Balaban J connectivity index is 1.55. The molecule has 3 N–H and O–H groups in total. The summed E-state index contributed by atoms with van der Waals surface area (Å²) in [4.78, 5) is 12.2. The molecule has 0 aliphatic carbocycles. The van der Waals surface area contributed by atoms with Crippen LogP contribution in [0.2, 0.25) is 0 Å². The fourth-order valence-corrected chi connectivity index (χ4v) is 2.58. The highest BCUT2D eigenvalue weighted by Crippen LogP contribution is 2.18. The number of aryl methyl sites for hydroxylation is 1. The molecule has 0 fully saturated rings. The van der Waals surface area contributed by atoms with Crippen molar-refractivity contribution in [2.75, 3.05) is 10.6 Å². The number of thiocarbonyl (C=S) groups is 1. The third kappa shape index (κ3) is 4.91. The van der Waals surface area contributed by atoms with E-state index < -0.39 is 0 Å². The summed E-state index contributed by atoms with van der Waals surface area (Å²) in [5.74, 6) is -0.232. The van der Waals surface area contributed by atoms with Gasteiger partial charge in [0.05, 0.1) is 0 Å². The van der Waals surface area contributed by atoms with Crippen molar-refractivity contribution in [1.29, 1.82) is 0 Å². The Morgan fingerprint density at radius 3 is 2.00 bits per heavy atom. The molecule has 0 spiro atoms. The molecule has 0 unspecified atom stereocenters. The van der Waals surface area contributed by atoms with E-state index in [4.69, 9.17) is 12.2 Å². The second-order valence-corrected chi connectivity index (χ2v) is 6.25. The lowest BCUT2D eigenvalue weighted by Gasteiger charge is -2.11. The quantitative estimate of drug-likeness (QED) is 0.581. The zero-order valence-electron chi connectivity index (χ0n) is 14.3. The summed E-state index contributed by atoms with van der Waals surface area (Å²) in [6, 6.07) is 25.0. The van der Waals surface area contributed by atoms with Crippen molar-refractivity contribution in [2.24, 2.45) is 0 Å². The number of rotatable bonds is 4. The van der Waals surface area contributed by atoms with Gasteiger partial charge in [0.2, 0.25) is 0 Å². The predicted octanol–water partition coefficient (Wildman–Crippen LogP) is 4.87. The first kappa shape index (κ1) is 17.6. The highest BCUT2D eigenvalue weighted by molar-refractivity contribution is 7.80. The van der Waals surface area contributed by atoms with E-state index in [1.165, 1.54) is 0 Å². The number of para-hydroxylation sites is 1. The van der Waals surface area contributed by atoms with Crippen LogP contribution in [-0.4, -0.2) is 11.0 Å². The number of hydrogen-bond acceptors (Lipinski definition) is 3. The first-order valence-corrected chi connectivity index (χ1v) is 8.62. The summed E-state index contributed by atoms with van der Waals surface area (Å²) in [6.07, 6.45) is 0. The van der Waals surface area contributed by atoms with Gasteiger partial charge in [-0.2, -0.15) is 0 Å². The van der Waals surface area contributed by atoms with Crippen LogP contribution in [0, 0.1) is 6.92 Å². The van der Waals surface area contributed by atoms with Crippen LogP contribution >= 0.6 is 12.2 Å². The standard InChI is InChI=1S/C21H19N3OS/c1-15-7-9-16(10-8-15)20(25)24-21(26)23-19-13-11-18(12-14-19)22-17-5-3-2-4-6-17/h2-14,22H,1H3,(H2,23,24,25,26). The van der Waals surface area contributed by atoms with E-state index in [9.17, 15) is 4.79 Å². The number of nitrogens with one attached hydrogen (secondary N) is 3. The van der Waals surface area contributed by atoms with Crippen LogP contribution in [-0.2, 0) is 0 Å². The number of anilines is 3.